The molecular formula is C9H17N5O. The Hall–Kier alpha value is -1.43. The quantitative estimate of drug-likeness (QED) is 0.703. The monoisotopic (exact) mass is 211 g/mol. The first-order chi connectivity index (χ1) is 7.13. The summed E-state index contributed by atoms with van der Waals surface area (Å²) in [6, 6.07) is 0. The van der Waals surface area contributed by atoms with Crippen molar-refractivity contribution in [2.45, 2.75) is 19.9 Å². The molecule has 1 aromatic heterocycles. The van der Waals surface area contributed by atoms with E-state index in [0.717, 1.165) is 0 Å². The maximum atomic E-state index is 11.6. The fourth-order valence-corrected chi connectivity index (χ4v) is 1.16. The minimum atomic E-state index is 0.0735. The van der Waals surface area contributed by atoms with Crippen molar-refractivity contribution in [3.8, 4) is 0 Å². The molecule has 0 saturated heterocycles. The molecule has 6 heteroatoms. The first kappa shape index (κ1) is 11.6. The van der Waals surface area contributed by atoms with Crippen molar-refractivity contribution in [1.82, 2.24) is 20.1 Å². The molecule has 1 amide bonds. The normalized spacial score (nSPS) is 12.5. The lowest BCUT2D eigenvalue weighted by Crippen LogP contribution is -2.29. The molecule has 0 spiro atoms. The lowest BCUT2D eigenvalue weighted by molar-refractivity contribution is -0.131. The van der Waals surface area contributed by atoms with E-state index in [4.69, 9.17) is 5.73 Å². The standard InChI is InChI=1S/C9H17N5O/c1-7(4-10)3-9(15)14(2)5-8-11-6-12-13-8/h6-7H,3-5,10H2,1-2H3,(H,11,12,13). The van der Waals surface area contributed by atoms with E-state index in [-0.39, 0.29) is 11.8 Å². The van der Waals surface area contributed by atoms with Gasteiger partial charge in [-0.2, -0.15) is 5.10 Å². The number of nitrogens with one attached hydrogen (secondary N) is 1. The van der Waals surface area contributed by atoms with Crippen LogP contribution in [0.15, 0.2) is 6.33 Å². The summed E-state index contributed by atoms with van der Waals surface area (Å²) in [7, 11) is 1.74. The van der Waals surface area contributed by atoms with Crippen LogP contribution >= 0.6 is 0 Å². The van der Waals surface area contributed by atoms with Crippen LogP contribution in [-0.2, 0) is 11.3 Å². The Balaban J connectivity index is 2.40. The van der Waals surface area contributed by atoms with Crippen LogP contribution in [-0.4, -0.2) is 39.6 Å². The molecule has 0 radical (unpaired) electrons. The Morgan fingerprint density at radius 3 is 3.00 bits per heavy atom. The molecule has 0 fully saturated rings. The maximum absolute atomic E-state index is 11.6. The molecule has 15 heavy (non-hydrogen) atoms. The first-order valence-electron chi connectivity index (χ1n) is 4.91. The first-order valence-corrected chi connectivity index (χ1v) is 4.91. The van der Waals surface area contributed by atoms with Crippen molar-refractivity contribution < 1.29 is 4.79 Å². The molecule has 1 atom stereocenters. The van der Waals surface area contributed by atoms with E-state index in [9.17, 15) is 4.79 Å². The van der Waals surface area contributed by atoms with Gasteiger partial charge in [0, 0.05) is 13.5 Å². The zero-order valence-electron chi connectivity index (χ0n) is 9.10. The molecule has 1 unspecified atom stereocenters. The minimum absolute atomic E-state index is 0.0735. The Bertz CT molecular complexity index is 297. The van der Waals surface area contributed by atoms with Crippen molar-refractivity contribution in [1.29, 1.82) is 0 Å². The van der Waals surface area contributed by atoms with Crippen molar-refractivity contribution in [2.24, 2.45) is 11.7 Å². The van der Waals surface area contributed by atoms with Gasteiger partial charge in [0.25, 0.3) is 0 Å². The van der Waals surface area contributed by atoms with Gasteiger partial charge in [0.1, 0.15) is 12.2 Å². The highest BCUT2D eigenvalue weighted by molar-refractivity contribution is 5.76. The van der Waals surface area contributed by atoms with E-state index in [0.29, 0.717) is 25.3 Å². The van der Waals surface area contributed by atoms with E-state index in [2.05, 4.69) is 15.2 Å². The second kappa shape index (κ2) is 5.45. The van der Waals surface area contributed by atoms with Crippen LogP contribution < -0.4 is 5.73 Å². The molecule has 0 saturated carbocycles. The molecule has 1 aromatic rings. The van der Waals surface area contributed by atoms with Crippen LogP contribution in [0.4, 0.5) is 0 Å². The molecule has 0 aromatic carbocycles. The second-order valence-corrected chi connectivity index (χ2v) is 3.73. The van der Waals surface area contributed by atoms with Gasteiger partial charge in [0.05, 0.1) is 6.54 Å². The van der Waals surface area contributed by atoms with Crippen molar-refractivity contribution in [3.05, 3.63) is 12.2 Å². The fraction of sp³-hybridized carbons (Fsp3) is 0.667. The second-order valence-electron chi connectivity index (χ2n) is 3.73. The largest absolute Gasteiger partial charge is 0.338 e. The molecule has 3 N–H and O–H groups in total. The number of aromatic amines is 1. The van der Waals surface area contributed by atoms with Gasteiger partial charge in [0.15, 0.2) is 0 Å². The smallest absolute Gasteiger partial charge is 0.223 e. The maximum Gasteiger partial charge on any atom is 0.223 e. The topological polar surface area (TPSA) is 87.9 Å². The van der Waals surface area contributed by atoms with Crippen LogP contribution in [0.2, 0.25) is 0 Å². The predicted molar refractivity (Wildman–Crippen MR) is 55.7 cm³/mol. The van der Waals surface area contributed by atoms with Gasteiger partial charge >= 0.3 is 0 Å². The van der Waals surface area contributed by atoms with E-state index in [1.807, 2.05) is 6.92 Å². The molecule has 6 nitrogen and oxygen atoms in total. The van der Waals surface area contributed by atoms with Crippen molar-refractivity contribution in [2.75, 3.05) is 13.6 Å². The number of rotatable bonds is 5. The van der Waals surface area contributed by atoms with Crippen LogP contribution in [0.25, 0.3) is 0 Å². The number of nitrogens with two attached hydrogens (primary N) is 1. The summed E-state index contributed by atoms with van der Waals surface area (Å²) in [5.41, 5.74) is 5.46. The SMILES string of the molecule is CC(CN)CC(=O)N(C)Cc1ncn[nH]1. The van der Waals surface area contributed by atoms with Gasteiger partial charge in [-0.05, 0) is 12.5 Å². The number of hydrogen-bond acceptors (Lipinski definition) is 4. The molecule has 0 aliphatic rings. The highest BCUT2D eigenvalue weighted by Gasteiger charge is 2.13. The van der Waals surface area contributed by atoms with E-state index >= 15 is 0 Å². The van der Waals surface area contributed by atoms with Gasteiger partial charge in [-0.25, -0.2) is 4.98 Å². The molecular weight excluding hydrogens is 194 g/mol. The molecule has 84 valence electrons. The Morgan fingerprint density at radius 2 is 2.47 bits per heavy atom. The summed E-state index contributed by atoms with van der Waals surface area (Å²) in [5, 5.41) is 6.43. The molecule has 1 rings (SSSR count). The number of aromatic nitrogens is 3. The lowest BCUT2D eigenvalue weighted by atomic mass is 10.1. The van der Waals surface area contributed by atoms with Gasteiger partial charge in [0.2, 0.25) is 5.91 Å². The van der Waals surface area contributed by atoms with Gasteiger partial charge in [-0.3, -0.25) is 9.89 Å². The summed E-state index contributed by atoms with van der Waals surface area (Å²) >= 11 is 0. The van der Waals surface area contributed by atoms with Gasteiger partial charge in [-0.1, -0.05) is 6.92 Å². The van der Waals surface area contributed by atoms with Gasteiger partial charge < -0.3 is 10.6 Å². The zero-order chi connectivity index (χ0) is 11.3. The molecule has 1 heterocycles. The lowest BCUT2D eigenvalue weighted by Gasteiger charge is -2.17. The van der Waals surface area contributed by atoms with Crippen LogP contribution in [0.1, 0.15) is 19.2 Å². The summed E-state index contributed by atoms with van der Waals surface area (Å²) in [4.78, 5) is 17.2. The Morgan fingerprint density at radius 1 is 1.73 bits per heavy atom. The van der Waals surface area contributed by atoms with E-state index in [1.165, 1.54) is 6.33 Å². The third-order valence-corrected chi connectivity index (χ3v) is 2.20. The summed E-state index contributed by atoms with van der Waals surface area (Å²) < 4.78 is 0. The Labute approximate surface area is 88.9 Å². The van der Waals surface area contributed by atoms with Crippen LogP contribution in [0, 0.1) is 5.92 Å². The minimum Gasteiger partial charge on any atom is -0.338 e. The molecule has 0 aliphatic heterocycles. The zero-order valence-corrected chi connectivity index (χ0v) is 9.10. The van der Waals surface area contributed by atoms with E-state index in [1.54, 1.807) is 11.9 Å². The number of H-pyrrole nitrogens is 1. The average molecular weight is 211 g/mol. The number of nitrogens with zero attached hydrogens (tertiary/aromatic N) is 3. The Kier molecular flexibility index (Phi) is 4.23. The van der Waals surface area contributed by atoms with Gasteiger partial charge in [-0.15, -0.1) is 0 Å². The third kappa shape index (κ3) is 3.67. The number of carbonyl (C=O) groups excluding carboxylic acids is 1. The van der Waals surface area contributed by atoms with Crippen LogP contribution in [0.5, 0.6) is 0 Å². The summed E-state index contributed by atoms with van der Waals surface area (Å²) in [5.74, 6) is 0.977. The highest BCUT2D eigenvalue weighted by Crippen LogP contribution is 2.04. The molecule has 0 aliphatic carbocycles. The summed E-state index contributed by atoms with van der Waals surface area (Å²) in [6.45, 7) is 2.94. The number of hydrogen-bond donors (Lipinski definition) is 2. The van der Waals surface area contributed by atoms with Crippen molar-refractivity contribution in [3.63, 3.8) is 0 Å². The van der Waals surface area contributed by atoms with Crippen molar-refractivity contribution >= 4 is 5.91 Å². The van der Waals surface area contributed by atoms with Crippen LogP contribution in [0.3, 0.4) is 0 Å². The molecule has 0 bridgehead atoms. The third-order valence-electron chi connectivity index (χ3n) is 2.20. The number of carbonyl (C=O) groups is 1. The average Bonchev–Trinajstić information content (AvgIpc) is 2.70. The number of amides is 1. The summed E-state index contributed by atoms with van der Waals surface area (Å²) in [6.07, 6.45) is 1.90. The van der Waals surface area contributed by atoms with E-state index < -0.39 is 0 Å². The predicted octanol–water partition coefficient (Wildman–Crippen LogP) is -0.252. The fourth-order valence-electron chi connectivity index (χ4n) is 1.16. The highest BCUT2D eigenvalue weighted by atomic mass is 16.2.